The first-order chi connectivity index (χ1) is 11.7. The maximum atomic E-state index is 13.1. The maximum absolute atomic E-state index is 13.1. The van der Waals surface area contributed by atoms with Crippen LogP contribution in [0.1, 0.15) is 23.2 Å². The minimum atomic E-state index is -0.0647. The molecule has 1 aliphatic heterocycles. The van der Waals surface area contributed by atoms with E-state index in [-0.39, 0.29) is 5.91 Å². The molecule has 2 aromatic heterocycles. The van der Waals surface area contributed by atoms with E-state index in [0.717, 1.165) is 42.7 Å². The van der Waals surface area contributed by atoms with Gasteiger partial charge in [0.15, 0.2) is 5.13 Å². The van der Waals surface area contributed by atoms with Gasteiger partial charge in [0, 0.05) is 37.1 Å². The Bertz CT molecular complexity index is 872. The molecule has 24 heavy (non-hydrogen) atoms. The number of carbonyl (C=O) groups is 1. The van der Waals surface area contributed by atoms with E-state index >= 15 is 0 Å². The largest absolute Gasteiger partial charge is 0.356 e. The molecule has 0 radical (unpaired) electrons. The molecule has 0 bridgehead atoms. The Kier molecular flexibility index (Phi) is 3.90. The van der Waals surface area contributed by atoms with Crippen molar-refractivity contribution in [2.75, 3.05) is 29.9 Å². The monoisotopic (exact) mass is 338 g/mol. The summed E-state index contributed by atoms with van der Waals surface area (Å²) < 4.78 is 0. The molecule has 0 aliphatic carbocycles. The van der Waals surface area contributed by atoms with Gasteiger partial charge >= 0.3 is 0 Å². The Hall–Kier alpha value is -2.47. The fraction of sp³-hybridized carbons (Fsp3) is 0.278. The van der Waals surface area contributed by atoms with Crippen LogP contribution in [-0.2, 0) is 0 Å². The van der Waals surface area contributed by atoms with Crippen molar-refractivity contribution < 1.29 is 4.79 Å². The molecule has 0 saturated carbocycles. The quantitative estimate of drug-likeness (QED) is 0.732. The van der Waals surface area contributed by atoms with Gasteiger partial charge in [-0.1, -0.05) is 18.2 Å². The van der Waals surface area contributed by atoms with Gasteiger partial charge in [-0.3, -0.25) is 9.69 Å². The standard InChI is InChI=1S/C18H18N4OS/c1-21(18-19-8-11-24-18)17(23)14-12-13-6-2-3-7-15(13)20-16(14)22-9-4-5-10-22/h2-3,6-8,11-12H,4-5,9-10H2,1H3. The molecule has 1 aromatic carbocycles. The van der Waals surface area contributed by atoms with Gasteiger partial charge in [0.25, 0.3) is 5.91 Å². The van der Waals surface area contributed by atoms with Crippen molar-refractivity contribution in [2.24, 2.45) is 0 Å². The molecule has 1 saturated heterocycles. The van der Waals surface area contributed by atoms with Gasteiger partial charge in [-0.25, -0.2) is 9.97 Å². The third-order valence-corrected chi connectivity index (χ3v) is 5.20. The van der Waals surface area contributed by atoms with Gasteiger partial charge in [-0.15, -0.1) is 11.3 Å². The van der Waals surface area contributed by atoms with Crippen LogP contribution in [0.5, 0.6) is 0 Å². The van der Waals surface area contributed by atoms with Crippen LogP contribution in [0.4, 0.5) is 10.9 Å². The van der Waals surface area contributed by atoms with Crippen LogP contribution < -0.4 is 9.80 Å². The summed E-state index contributed by atoms with van der Waals surface area (Å²) in [6, 6.07) is 9.90. The lowest BCUT2D eigenvalue weighted by Gasteiger charge is -2.22. The fourth-order valence-corrected chi connectivity index (χ4v) is 3.69. The van der Waals surface area contributed by atoms with E-state index in [0.29, 0.717) is 10.7 Å². The first-order valence-corrected chi connectivity index (χ1v) is 8.94. The Labute approximate surface area is 144 Å². The number of rotatable bonds is 3. The second kappa shape index (κ2) is 6.20. The Morgan fingerprint density at radius 1 is 1.25 bits per heavy atom. The lowest BCUT2D eigenvalue weighted by molar-refractivity contribution is 0.0993. The van der Waals surface area contributed by atoms with E-state index in [9.17, 15) is 4.79 Å². The number of hydrogen-bond donors (Lipinski definition) is 0. The first-order valence-electron chi connectivity index (χ1n) is 8.06. The highest BCUT2D eigenvalue weighted by Gasteiger charge is 2.25. The van der Waals surface area contributed by atoms with Crippen LogP contribution in [0.25, 0.3) is 10.9 Å². The van der Waals surface area contributed by atoms with Crippen molar-refractivity contribution >= 4 is 39.1 Å². The van der Waals surface area contributed by atoms with Gasteiger partial charge in [-0.05, 0) is 25.0 Å². The zero-order valence-corrected chi connectivity index (χ0v) is 14.3. The third kappa shape index (κ3) is 2.63. The van der Waals surface area contributed by atoms with Crippen LogP contribution in [0.3, 0.4) is 0 Å². The summed E-state index contributed by atoms with van der Waals surface area (Å²) in [6.45, 7) is 1.90. The second-order valence-electron chi connectivity index (χ2n) is 5.93. The number of thiazole rings is 1. The molecule has 0 atom stereocenters. The van der Waals surface area contributed by atoms with Crippen LogP contribution in [0.15, 0.2) is 41.9 Å². The van der Waals surface area contributed by atoms with Gasteiger partial charge in [-0.2, -0.15) is 0 Å². The minimum absolute atomic E-state index is 0.0647. The molecule has 1 aliphatic rings. The van der Waals surface area contributed by atoms with Crippen molar-refractivity contribution in [2.45, 2.75) is 12.8 Å². The molecule has 122 valence electrons. The number of fused-ring (bicyclic) bond motifs is 1. The molecular weight excluding hydrogens is 320 g/mol. The van der Waals surface area contributed by atoms with E-state index in [1.54, 1.807) is 18.1 Å². The highest BCUT2D eigenvalue weighted by atomic mass is 32.1. The Morgan fingerprint density at radius 3 is 2.79 bits per heavy atom. The number of benzene rings is 1. The molecular formula is C18H18N4OS. The number of aromatic nitrogens is 2. The zero-order valence-electron chi connectivity index (χ0n) is 13.5. The van der Waals surface area contributed by atoms with Gasteiger partial charge in [0.1, 0.15) is 5.82 Å². The second-order valence-corrected chi connectivity index (χ2v) is 6.80. The van der Waals surface area contributed by atoms with E-state index in [1.807, 2.05) is 35.7 Å². The molecule has 0 unspecified atom stereocenters. The number of nitrogens with zero attached hydrogens (tertiary/aromatic N) is 4. The maximum Gasteiger partial charge on any atom is 0.263 e. The highest BCUT2D eigenvalue weighted by molar-refractivity contribution is 7.13. The summed E-state index contributed by atoms with van der Waals surface area (Å²) >= 11 is 1.46. The van der Waals surface area contributed by atoms with Gasteiger partial charge in [0.2, 0.25) is 0 Å². The van der Waals surface area contributed by atoms with Crippen LogP contribution >= 0.6 is 11.3 Å². The molecule has 0 spiro atoms. The van der Waals surface area contributed by atoms with Crippen molar-refractivity contribution in [1.29, 1.82) is 0 Å². The lowest BCUT2D eigenvalue weighted by Crippen LogP contribution is -2.30. The summed E-state index contributed by atoms with van der Waals surface area (Å²) in [5, 5.41) is 3.55. The lowest BCUT2D eigenvalue weighted by atomic mass is 10.1. The molecule has 3 aromatic rings. The molecule has 1 fully saturated rings. The summed E-state index contributed by atoms with van der Waals surface area (Å²) in [6.07, 6.45) is 4.00. The molecule has 1 amide bonds. The van der Waals surface area contributed by atoms with Gasteiger partial charge in [0.05, 0.1) is 11.1 Å². The summed E-state index contributed by atoms with van der Waals surface area (Å²) in [5.41, 5.74) is 1.57. The number of hydrogen-bond acceptors (Lipinski definition) is 5. The number of anilines is 2. The first kappa shape index (κ1) is 15.1. The van der Waals surface area contributed by atoms with Crippen LogP contribution in [-0.4, -0.2) is 36.0 Å². The number of pyridine rings is 1. The molecule has 5 nitrogen and oxygen atoms in total. The minimum Gasteiger partial charge on any atom is -0.356 e. The predicted octanol–water partition coefficient (Wildman–Crippen LogP) is 3.57. The zero-order chi connectivity index (χ0) is 16.5. The summed E-state index contributed by atoms with van der Waals surface area (Å²) in [5.74, 6) is 0.727. The Morgan fingerprint density at radius 2 is 2.04 bits per heavy atom. The topological polar surface area (TPSA) is 49.3 Å². The molecule has 4 rings (SSSR count). The summed E-state index contributed by atoms with van der Waals surface area (Å²) in [7, 11) is 1.77. The normalized spacial score (nSPS) is 14.3. The molecule has 0 N–H and O–H groups in total. The summed E-state index contributed by atoms with van der Waals surface area (Å²) in [4.78, 5) is 26.0. The third-order valence-electron chi connectivity index (χ3n) is 4.35. The SMILES string of the molecule is CN(C(=O)c1cc2ccccc2nc1N1CCCC1)c1nccs1. The van der Waals surface area contributed by atoms with Crippen molar-refractivity contribution in [1.82, 2.24) is 9.97 Å². The fourth-order valence-electron chi connectivity index (χ4n) is 3.08. The average Bonchev–Trinajstić information content (AvgIpc) is 3.32. The van der Waals surface area contributed by atoms with E-state index in [2.05, 4.69) is 9.88 Å². The number of para-hydroxylation sites is 1. The molecule has 3 heterocycles. The molecule has 6 heteroatoms. The van der Waals surface area contributed by atoms with Gasteiger partial charge < -0.3 is 4.90 Å². The Balaban J connectivity index is 1.82. The average molecular weight is 338 g/mol. The van der Waals surface area contributed by atoms with Crippen LogP contribution in [0.2, 0.25) is 0 Å². The van der Waals surface area contributed by atoms with E-state index in [4.69, 9.17) is 4.98 Å². The van der Waals surface area contributed by atoms with Crippen molar-refractivity contribution in [3.05, 3.63) is 47.5 Å². The number of amides is 1. The van der Waals surface area contributed by atoms with E-state index in [1.165, 1.54) is 11.3 Å². The smallest absolute Gasteiger partial charge is 0.263 e. The number of carbonyl (C=O) groups excluding carboxylic acids is 1. The van der Waals surface area contributed by atoms with Crippen LogP contribution in [0, 0.1) is 0 Å². The van der Waals surface area contributed by atoms with Crippen molar-refractivity contribution in [3.8, 4) is 0 Å². The predicted molar refractivity (Wildman–Crippen MR) is 98.0 cm³/mol. The van der Waals surface area contributed by atoms with E-state index < -0.39 is 0 Å². The van der Waals surface area contributed by atoms with Crippen molar-refractivity contribution in [3.63, 3.8) is 0 Å². The highest BCUT2D eigenvalue weighted by Crippen LogP contribution is 2.29.